The lowest BCUT2D eigenvalue weighted by Crippen LogP contribution is -2.39. The summed E-state index contributed by atoms with van der Waals surface area (Å²) < 4.78 is 28.6. The van der Waals surface area contributed by atoms with Crippen LogP contribution in [0.3, 0.4) is 0 Å². The van der Waals surface area contributed by atoms with Crippen LogP contribution >= 0.6 is 11.6 Å². The molecule has 3 heterocycles. The molecular formula is C35H31ClF2N6O. The Balaban J connectivity index is 1.15. The highest BCUT2D eigenvalue weighted by atomic mass is 35.5. The van der Waals surface area contributed by atoms with Crippen LogP contribution in [0.4, 0.5) is 8.78 Å². The van der Waals surface area contributed by atoms with Gasteiger partial charge in [0.25, 0.3) is 5.92 Å². The van der Waals surface area contributed by atoms with Gasteiger partial charge in [-0.2, -0.15) is 4.68 Å². The van der Waals surface area contributed by atoms with Crippen molar-refractivity contribution in [3.63, 3.8) is 0 Å². The van der Waals surface area contributed by atoms with Gasteiger partial charge in [0.2, 0.25) is 5.91 Å². The molecule has 2 atom stereocenters. The predicted molar refractivity (Wildman–Crippen MR) is 167 cm³/mol. The topological polar surface area (TPSA) is 76.8 Å². The molecule has 0 radical (unpaired) electrons. The molecule has 7 rings (SSSR count). The Bertz CT molecular complexity index is 1790. The third-order valence-electron chi connectivity index (χ3n) is 9.01. The van der Waals surface area contributed by atoms with Crippen molar-refractivity contribution in [2.24, 2.45) is 5.92 Å². The average Bonchev–Trinajstić information content (AvgIpc) is 3.42. The van der Waals surface area contributed by atoms with Gasteiger partial charge in [0.05, 0.1) is 5.69 Å². The van der Waals surface area contributed by atoms with E-state index in [1.54, 1.807) is 22.0 Å². The molecule has 10 heteroatoms. The van der Waals surface area contributed by atoms with E-state index in [1.165, 1.54) is 11.1 Å². The molecular weight excluding hydrogens is 594 g/mol. The molecule has 1 aliphatic heterocycles. The Kier molecular flexibility index (Phi) is 7.87. The summed E-state index contributed by atoms with van der Waals surface area (Å²) in [7, 11) is 0. The van der Waals surface area contributed by atoms with Crippen molar-refractivity contribution in [1.82, 2.24) is 30.1 Å². The average molecular weight is 625 g/mol. The van der Waals surface area contributed by atoms with Crippen LogP contribution in [0.25, 0.3) is 16.8 Å². The van der Waals surface area contributed by atoms with Crippen LogP contribution in [0.15, 0.2) is 97.5 Å². The molecule has 2 aliphatic rings. The largest absolute Gasteiger partial charge is 0.342 e. The highest BCUT2D eigenvalue weighted by molar-refractivity contribution is 6.31. The molecule has 0 N–H and O–H groups in total. The van der Waals surface area contributed by atoms with Gasteiger partial charge in [-0.15, -0.1) is 5.10 Å². The first-order valence-corrected chi connectivity index (χ1v) is 15.5. The summed E-state index contributed by atoms with van der Waals surface area (Å²) in [5.74, 6) is -4.09. The SMILES string of the molecule is O=C(C1CC1(F)F)N1CCC(c2cccc([C@H](Cc3ccccc3)c3ccc(-c4cc(Cl)ccc4-n4cnnn4)cn3)c2)CC1. The van der Waals surface area contributed by atoms with Gasteiger partial charge in [-0.25, -0.2) is 8.78 Å². The Morgan fingerprint density at radius 3 is 2.47 bits per heavy atom. The van der Waals surface area contributed by atoms with E-state index in [0.29, 0.717) is 18.1 Å². The molecule has 0 bridgehead atoms. The molecule has 2 aromatic heterocycles. The first kappa shape index (κ1) is 29.2. The quantitative estimate of drug-likeness (QED) is 0.184. The highest BCUT2D eigenvalue weighted by Gasteiger charge is 2.62. The Morgan fingerprint density at radius 1 is 0.978 bits per heavy atom. The molecule has 0 spiro atoms. The number of aromatic nitrogens is 5. The van der Waals surface area contributed by atoms with Crippen LogP contribution in [0.2, 0.25) is 5.02 Å². The third kappa shape index (κ3) is 6.22. The maximum Gasteiger partial charge on any atom is 0.260 e. The Morgan fingerprint density at radius 2 is 1.78 bits per heavy atom. The summed E-state index contributed by atoms with van der Waals surface area (Å²) in [5, 5.41) is 12.2. The zero-order valence-electron chi connectivity index (χ0n) is 24.4. The molecule has 1 saturated carbocycles. The van der Waals surface area contributed by atoms with E-state index in [0.717, 1.165) is 47.3 Å². The van der Waals surface area contributed by atoms with Crippen LogP contribution in [0, 0.1) is 5.92 Å². The van der Waals surface area contributed by atoms with E-state index in [4.69, 9.17) is 16.6 Å². The lowest BCUT2D eigenvalue weighted by Gasteiger charge is -2.32. The second kappa shape index (κ2) is 12.1. The van der Waals surface area contributed by atoms with Gasteiger partial charge in [-0.3, -0.25) is 9.78 Å². The zero-order chi connectivity index (χ0) is 31.0. The number of carbonyl (C=O) groups is 1. The summed E-state index contributed by atoms with van der Waals surface area (Å²) in [4.78, 5) is 19.1. The number of benzene rings is 3. The van der Waals surface area contributed by atoms with Crippen LogP contribution < -0.4 is 0 Å². The van der Waals surface area contributed by atoms with E-state index in [2.05, 4.69) is 64.1 Å². The van der Waals surface area contributed by atoms with Crippen LogP contribution in [0.5, 0.6) is 0 Å². The summed E-state index contributed by atoms with van der Waals surface area (Å²) in [6, 6.07) is 28.7. The van der Waals surface area contributed by atoms with Crippen molar-refractivity contribution >= 4 is 17.5 Å². The Hall–Kier alpha value is -4.50. The van der Waals surface area contributed by atoms with Crippen molar-refractivity contribution in [2.45, 2.75) is 43.4 Å². The molecule has 45 heavy (non-hydrogen) atoms. The monoisotopic (exact) mass is 624 g/mol. The number of pyridine rings is 1. The molecule has 1 amide bonds. The molecule has 7 nitrogen and oxygen atoms in total. The summed E-state index contributed by atoms with van der Waals surface area (Å²) >= 11 is 6.38. The number of halogens is 3. The van der Waals surface area contributed by atoms with Gasteiger partial charge < -0.3 is 4.90 Å². The number of piperidine rings is 1. The minimum absolute atomic E-state index is 0.00138. The number of amides is 1. The van der Waals surface area contributed by atoms with Crippen LogP contribution in [0.1, 0.15) is 53.5 Å². The number of hydrogen-bond acceptors (Lipinski definition) is 5. The molecule has 1 aliphatic carbocycles. The predicted octanol–water partition coefficient (Wildman–Crippen LogP) is 7.11. The standard InChI is InChI=1S/C35H31ClF2N6O/c36-28-10-12-33(44-22-40-41-42-44)30(19-28)27-9-11-32(39-21-27)29(17-23-5-2-1-3-6-23)26-8-4-7-25(18-26)24-13-15-43(16-14-24)34(45)31-20-35(31,37)38/h1-12,18-19,21-22,24,29,31H,13-17,20H2/t29-,31?/m0/s1. The Labute approximate surface area is 264 Å². The third-order valence-corrected chi connectivity index (χ3v) is 9.24. The first-order chi connectivity index (χ1) is 21.9. The lowest BCUT2D eigenvalue weighted by molar-refractivity contribution is -0.135. The van der Waals surface area contributed by atoms with E-state index < -0.39 is 17.7 Å². The highest BCUT2D eigenvalue weighted by Crippen LogP contribution is 2.50. The number of likely N-dealkylation sites (tertiary alicyclic amines) is 1. The van der Waals surface area contributed by atoms with Crippen LogP contribution in [-0.2, 0) is 11.2 Å². The molecule has 5 aromatic rings. The minimum Gasteiger partial charge on any atom is -0.342 e. The van der Waals surface area contributed by atoms with Crippen LogP contribution in [-0.4, -0.2) is 55.0 Å². The number of tetrazole rings is 1. The van der Waals surface area contributed by atoms with Gasteiger partial charge in [-0.05, 0) is 76.6 Å². The van der Waals surface area contributed by atoms with E-state index >= 15 is 0 Å². The smallest absolute Gasteiger partial charge is 0.260 e. The van der Waals surface area contributed by atoms with E-state index in [9.17, 15) is 13.6 Å². The molecule has 1 saturated heterocycles. The van der Waals surface area contributed by atoms with Crippen molar-refractivity contribution < 1.29 is 13.6 Å². The fourth-order valence-corrected chi connectivity index (χ4v) is 6.56. The fraction of sp³-hybridized carbons (Fsp3) is 0.286. The normalized spacial score (nSPS) is 18.5. The summed E-state index contributed by atoms with van der Waals surface area (Å²) in [5.41, 5.74) is 7.07. The van der Waals surface area contributed by atoms with Gasteiger partial charge in [0.15, 0.2) is 0 Å². The lowest BCUT2D eigenvalue weighted by atomic mass is 9.84. The number of nitrogens with zero attached hydrogens (tertiary/aromatic N) is 6. The second-order valence-corrected chi connectivity index (χ2v) is 12.4. The summed E-state index contributed by atoms with van der Waals surface area (Å²) in [6.45, 7) is 1.01. The number of alkyl halides is 2. The maximum atomic E-state index is 13.5. The fourth-order valence-electron chi connectivity index (χ4n) is 6.39. The molecule has 1 unspecified atom stereocenters. The number of carbonyl (C=O) groups excluding carboxylic acids is 1. The molecule has 228 valence electrons. The van der Waals surface area contributed by atoms with Crippen molar-refractivity contribution in [2.75, 3.05) is 13.1 Å². The number of rotatable bonds is 8. The second-order valence-electron chi connectivity index (χ2n) is 11.9. The first-order valence-electron chi connectivity index (χ1n) is 15.2. The zero-order valence-corrected chi connectivity index (χ0v) is 25.2. The van der Waals surface area contributed by atoms with E-state index in [-0.39, 0.29) is 18.3 Å². The maximum absolute atomic E-state index is 13.5. The minimum atomic E-state index is -2.83. The van der Waals surface area contributed by atoms with Crippen molar-refractivity contribution in [1.29, 1.82) is 0 Å². The van der Waals surface area contributed by atoms with Crippen molar-refractivity contribution in [3.05, 3.63) is 125 Å². The van der Waals surface area contributed by atoms with Gasteiger partial charge >= 0.3 is 0 Å². The molecule has 3 aromatic carbocycles. The van der Waals surface area contributed by atoms with Gasteiger partial charge in [0, 0.05) is 53.5 Å². The van der Waals surface area contributed by atoms with E-state index in [1.807, 2.05) is 36.5 Å². The van der Waals surface area contributed by atoms with Gasteiger partial charge in [-0.1, -0.05) is 72.3 Å². The molecule has 2 fully saturated rings. The van der Waals surface area contributed by atoms with Crippen molar-refractivity contribution in [3.8, 4) is 16.8 Å². The summed E-state index contributed by atoms with van der Waals surface area (Å²) in [6.07, 6.45) is 5.38. The number of hydrogen-bond donors (Lipinski definition) is 0. The van der Waals surface area contributed by atoms with Gasteiger partial charge in [0.1, 0.15) is 12.2 Å².